The number of rotatable bonds is 7. The molecule has 1 N–H and O–H groups in total. The SMILES string of the molecule is CCOC(=O)CCNC(=O)Cn1ccc([N+](=O)[O-])n1. The van der Waals surface area contributed by atoms with Gasteiger partial charge in [0.05, 0.1) is 30.4 Å². The molecule has 0 saturated heterocycles. The maximum atomic E-state index is 11.4. The van der Waals surface area contributed by atoms with Gasteiger partial charge in [-0.05, 0) is 11.8 Å². The van der Waals surface area contributed by atoms with Crippen molar-refractivity contribution >= 4 is 17.7 Å². The highest BCUT2D eigenvalue weighted by Gasteiger charge is 2.13. The van der Waals surface area contributed by atoms with Gasteiger partial charge < -0.3 is 20.2 Å². The lowest BCUT2D eigenvalue weighted by atomic mass is 10.4. The molecule has 0 spiro atoms. The third-order valence-corrected chi connectivity index (χ3v) is 2.08. The minimum Gasteiger partial charge on any atom is -0.466 e. The fourth-order valence-corrected chi connectivity index (χ4v) is 1.28. The highest BCUT2D eigenvalue weighted by atomic mass is 16.6. The highest BCUT2D eigenvalue weighted by molar-refractivity contribution is 5.76. The van der Waals surface area contributed by atoms with Gasteiger partial charge in [-0.15, -0.1) is 0 Å². The maximum absolute atomic E-state index is 11.4. The summed E-state index contributed by atoms with van der Waals surface area (Å²) in [6.45, 7) is 2.00. The average Bonchev–Trinajstić information content (AvgIpc) is 2.78. The number of esters is 1. The van der Waals surface area contributed by atoms with E-state index in [1.165, 1.54) is 12.3 Å². The summed E-state index contributed by atoms with van der Waals surface area (Å²) in [6.07, 6.45) is 1.42. The molecule has 0 atom stereocenters. The second-order valence-electron chi connectivity index (χ2n) is 3.53. The Hall–Kier alpha value is -2.45. The molecule has 1 rings (SSSR count). The first-order chi connectivity index (χ1) is 9.02. The quantitative estimate of drug-likeness (QED) is 0.418. The highest BCUT2D eigenvalue weighted by Crippen LogP contribution is 2.04. The lowest BCUT2D eigenvalue weighted by Gasteiger charge is -2.03. The van der Waals surface area contributed by atoms with E-state index in [9.17, 15) is 19.7 Å². The molecule has 0 aromatic carbocycles. The van der Waals surface area contributed by atoms with Crippen molar-refractivity contribution in [1.82, 2.24) is 15.1 Å². The van der Waals surface area contributed by atoms with Crippen molar-refractivity contribution < 1.29 is 19.2 Å². The molecule has 0 aliphatic rings. The van der Waals surface area contributed by atoms with Crippen LogP contribution in [0.2, 0.25) is 0 Å². The summed E-state index contributed by atoms with van der Waals surface area (Å²) in [4.78, 5) is 32.2. The summed E-state index contributed by atoms with van der Waals surface area (Å²) in [7, 11) is 0. The van der Waals surface area contributed by atoms with E-state index >= 15 is 0 Å². The van der Waals surface area contributed by atoms with Crippen LogP contribution in [0.4, 0.5) is 5.82 Å². The Morgan fingerprint density at radius 1 is 1.58 bits per heavy atom. The molecule has 104 valence electrons. The minimum atomic E-state index is -0.644. The smallest absolute Gasteiger partial charge is 0.389 e. The number of amides is 1. The van der Waals surface area contributed by atoms with Gasteiger partial charge in [-0.25, -0.2) is 0 Å². The predicted octanol–water partition coefficient (Wildman–Crippen LogP) is -0.139. The van der Waals surface area contributed by atoms with Gasteiger partial charge >= 0.3 is 11.8 Å². The molecule has 0 unspecified atom stereocenters. The maximum Gasteiger partial charge on any atom is 0.389 e. The molecule has 0 bridgehead atoms. The zero-order valence-corrected chi connectivity index (χ0v) is 10.4. The Bertz CT molecular complexity index is 470. The van der Waals surface area contributed by atoms with Crippen LogP contribution in [0.1, 0.15) is 13.3 Å². The molecular formula is C10H14N4O5. The molecule has 0 saturated carbocycles. The van der Waals surface area contributed by atoms with Crippen LogP contribution < -0.4 is 5.32 Å². The lowest BCUT2D eigenvalue weighted by Crippen LogP contribution is -2.30. The van der Waals surface area contributed by atoms with Gasteiger partial charge in [-0.3, -0.25) is 9.59 Å². The normalized spacial score (nSPS) is 9.95. The molecule has 9 heteroatoms. The number of aromatic nitrogens is 2. The first-order valence-electron chi connectivity index (χ1n) is 5.63. The Morgan fingerprint density at radius 3 is 2.89 bits per heavy atom. The van der Waals surface area contributed by atoms with Crippen LogP contribution in [0, 0.1) is 10.1 Å². The second-order valence-corrected chi connectivity index (χ2v) is 3.53. The summed E-state index contributed by atoms with van der Waals surface area (Å²) in [6, 6.07) is 1.20. The molecular weight excluding hydrogens is 256 g/mol. The van der Waals surface area contributed by atoms with Crippen LogP contribution in [0.3, 0.4) is 0 Å². The van der Waals surface area contributed by atoms with E-state index < -0.39 is 10.9 Å². The fraction of sp³-hybridized carbons (Fsp3) is 0.500. The van der Waals surface area contributed by atoms with Gasteiger partial charge in [-0.2, -0.15) is 4.68 Å². The van der Waals surface area contributed by atoms with Crippen LogP contribution in [0.15, 0.2) is 12.3 Å². The third-order valence-electron chi connectivity index (χ3n) is 2.08. The Labute approximate surface area is 108 Å². The molecule has 1 aromatic heterocycles. The van der Waals surface area contributed by atoms with Crippen molar-refractivity contribution in [2.75, 3.05) is 13.2 Å². The van der Waals surface area contributed by atoms with E-state index in [2.05, 4.69) is 15.2 Å². The standard InChI is InChI=1S/C10H14N4O5/c1-2-19-10(16)3-5-11-9(15)7-13-6-4-8(12-13)14(17)18/h4,6H,2-3,5,7H2,1H3,(H,11,15). The number of nitrogens with zero attached hydrogens (tertiary/aromatic N) is 3. The van der Waals surface area contributed by atoms with E-state index in [1.54, 1.807) is 6.92 Å². The third kappa shape index (κ3) is 5.15. The number of nitro groups is 1. The van der Waals surface area contributed by atoms with Crippen LogP contribution in [-0.2, 0) is 20.9 Å². The van der Waals surface area contributed by atoms with Crippen LogP contribution >= 0.6 is 0 Å². The lowest BCUT2D eigenvalue weighted by molar-refractivity contribution is -0.389. The molecule has 0 fully saturated rings. The van der Waals surface area contributed by atoms with Gasteiger partial charge in [0.15, 0.2) is 0 Å². The zero-order chi connectivity index (χ0) is 14.3. The van der Waals surface area contributed by atoms with E-state index in [4.69, 9.17) is 0 Å². The molecule has 1 aromatic rings. The average molecular weight is 270 g/mol. The Kier molecular flexibility index (Phi) is 5.45. The number of nitrogens with one attached hydrogen (secondary N) is 1. The zero-order valence-electron chi connectivity index (χ0n) is 10.4. The number of carbonyl (C=O) groups excluding carboxylic acids is 2. The number of ether oxygens (including phenoxy) is 1. The monoisotopic (exact) mass is 270 g/mol. The van der Waals surface area contributed by atoms with Crippen molar-refractivity contribution in [2.24, 2.45) is 0 Å². The molecule has 1 heterocycles. The van der Waals surface area contributed by atoms with E-state index in [1.807, 2.05) is 0 Å². The first-order valence-corrected chi connectivity index (χ1v) is 5.63. The van der Waals surface area contributed by atoms with Crippen molar-refractivity contribution in [3.05, 3.63) is 22.4 Å². The number of carbonyl (C=O) groups is 2. The number of hydrogen-bond donors (Lipinski definition) is 1. The summed E-state index contributed by atoms with van der Waals surface area (Å²) in [5, 5.41) is 16.5. The molecule has 0 aliphatic carbocycles. The van der Waals surface area contributed by atoms with Gasteiger partial charge in [0, 0.05) is 6.54 Å². The summed E-state index contributed by atoms with van der Waals surface area (Å²) in [5.74, 6) is -1.10. The first kappa shape index (κ1) is 14.6. The fourth-order valence-electron chi connectivity index (χ4n) is 1.28. The summed E-state index contributed by atoms with van der Waals surface area (Å²) >= 11 is 0. The largest absolute Gasteiger partial charge is 0.466 e. The predicted molar refractivity (Wildman–Crippen MR) is 63.1 cm³/mol. The molecule has 0 radical (unpaired) electrons. The minimum absolute atomic E-state index is 0.0822. The Morgan fingerprint density at radius 2 is 2.32 bits per heavy atom. The van der Waals surface area contributed by atoms with Gasteiger partial charge in [0.1, 0.15) is 6.54 Å². The van der Waals surface area contributed by atoms with Gasteiger partial charge in [0.25, 0.3) is 0 Å². The van der Waals surface area contributed by atoms with Crippen LogP contribution in [0.25, 0.3) is 0 Å². The molecule has 1 amide bonds. The van der Waals surface area contributed by atoms with Crippen molar-refractivity contribution in [2.45, 2.75) is 19.9 Å². The topological polar surface area (TPSA) is 116 Å². The number of hydrogen-bond acceptors (Lipinski definition) is 6. The molecule has 19 heavy (non-hydrogen) atoms. The Balaban J connectivity index is 2.30. The molecule has 0 aliphatic heterocycles. The van der Waals surface area contributed by atoms with Gasteiger partial charge in [0.2, 0.25) is 5.91 Å². The van der Waals surface area contributed by atoms with E-state index in [-0.39, 0.29) is 31.2 Å². The van der Waals surface area contributed by atoms with Crippen LogP contribution in [0.5, 0.6) is 0 Å². The van der Waals surface area contributed by atoms with Crippen molar-refractivity contribution in [3.8, 4) is 0 Å². The van der Waals surface area contributed by atoms with Crippen LogP contribution in [-0.4, -0.2) is 39.7 Å². The van der Waals surface area contributed by atoms with Gasteiger partial charge in [-0.1, -0.05) is 0 Å². The van der Waals surface area contributed by atoms with E-state index in [0.29, 0.717) is 6.61 Å². The van der Waals surface area contributed by atoms with Crippen molar-refractivity contribution in [3.63, 3.8) is 0 Å². The van der Waals surface area contributed by atoms with E-state index in [0.717, 1.165) is 4.68 Å². The molecule has 9 nitrogen and oxygen atoms in total. The summed E-state index contributed by atoms with van der Waals surface area (Å²) in [5.41, 5.74) is 0. The van der Waals surface area contributed by atoms with Crippen molar-refractivity contribution in [1.29, 1.82) is 0 Å². The summed E-state index contributed by atoms with van der Waals surface area (Å²) < 4.78 is 5.84. The second kappa shape index (κ2) is 7.09.